The average Bonchev–Trinajstić information content (AvgIpc) is 3.20. The Balaban J connectivity index is 1.89. The van der Waals surface area contributed by atoms with Gasteiger partial charge in [0.2, 0.25) is 0 Å². The molecule has 0 saturated carbocycles. The lowest BCUT2D eigenvalue weighted by Gasteiger charge is -2.26. The van der Waals surface area contributed by atoms with Crippen LogP contribution in [0.25, 0.3) is 5.76 Å². The molecule has 0 spiro atoms. The monoisotopic (exact) mass is 521 g/mol. The van der Waals surface area contributed by atoms with Crippen molar-refractivity contribution in [3.05, 3.63) is 88.7 Å². The van der Waals surface area contributed by atoms with Gasteiger partial charge in [0.25, 0.3) is 11.7 Å². The number of carbonyl (C=O) groups is 2. The number of benzene rings is 3. The summed E-state index contributed by atoms with van der Waals surface area (Å²) in [6, 6.07) is 14.9. The molecule has 1 unspecified atom stereocenters. The largest absolute Gasteiger partial charge is 0.506 e. The molecular weight excluding hydrogens is 493 g/mol. The lowest BCUT2D eigenvalue weighted by molar-refractivity contribution is -0.139. The molecule has 3 aromatic carbocycles. The van der Waals surface area contributed by atoms with E-state index in [4.69, 9.17) is 18.9 Å². The number of likely N-dealkylation sites (tertiary alicyclic amines) is 1. The molecule has 0 radical (unpaired) electrons. The van der Waals surface area contributed by atoms with Gasteiger partial charge in [-0.3, -0.25) is 9.59 Å². The van der Waals surface area contributed by atoms with E-state index in [1.165, 1.54) is 45.5 Å². The molecule has 0 aliphatic carbocycles. The Hall–Kier alpha value is -4.53. The van der Waals surface area contributed by atoms with Gasteiger partial charge in [0.1, 0.15) is 28.6 Å². The number of ether oxygens (including phenoxy) is 4. The van der Waals surface area contributed by atoms with Gasteiger partial charge in [-0.1, -0.05) is 24.3 Å². The summed E-state index contributed by atoms with van der Waals surface area (Å²) in [6.07, 6.45) is 0.356. The van der Waals surface area contributed by atoms with Crippen molar-refractivity contribution in [3.8, 4) is 23.0 Å². The predicted octanol–water partition coefficient (Wildman–Crippen LogP) is 4.52. The summed E-state index contributed by atoms with van der Waals surface area (Å²) >= 11 is 0. The van der Waals surface area contributed by atoms with Crippen LogP contribution in [-0.4, -0.2) is 56.7 Å². The number of nitrogens with zero attached hydrogens (tertiary/aromatic N) is 1. The molecule has 1 aliphatic heterocycles. The first-order chi connectivity index (χ1) is 18.3. The highest BCUT2D eigenvalue weighted by Crippen LogP contribution is 2.44. The van der Waals surface area contributed by atoms with Gasteiger partial charge in [0, 0.05) is 6.54 Å². The maximum atomic E-state index is 13.5. The third-order valence-corrected chi connectivity index (χ3v) is 6.48. The van der Waals surface area contributed by atoms with Gasteiger partial charge in [-0.15, -0.1) is 0 Å². The second-order valence-corrected chi connectivity index (χ2v) is 8.52. The molecule has 1 heterocycles. The molecular formula is C29H28FNO7. The minimum atomic E-state index is -0.954. The quantitative estimate of drug-likeness (QED) is 0.251. The Morgan fingerprint density at radius 3 is 2.03 bits per heavy atom. The number of Topliss-reactive ketones (excluding diaryl/α,β-unsaturated/α-hetero) is 1. The summed E-state index contributed by atoms with van der Waals surface area (Å²) in [7, 11) is 5.84. The van der Waals surface area contributed by atoms with Crippen LogP contribution >= 0.6 is 0 Å². The second kappa shape index (κ2) is 11.2. The van der Waals surface area contributed by atoms with Crippen LogP contribution in [0.2, 0.25) is 0 Å². The lowest BCUT2D eigenvalue weighted by Crippen LogP contribution is -2.31. The van der Waals surface area contributed by atoms with E-state index in [0.29, 0.717) is 23.5 Å². The van der Waals surface area contributed by atoms with Crippen LogP contribution in [0.4, 0.5) is 4.39 Å². The first-order valence-electron chi connectivity index (χ1n) is 11.8. The third kappa shape index (κ3) is 4.87. The van der Waals surface area contributed by atoms with Crippen LogP contribution in [0.1, 0.15) is 22.7 Å². The summed E-state index contributed by atoms with van der Waals surface area (Å²) in [5.41, 5.74) is 1.34. The lowest BCUT2D eigenvalue weighted by atomic mass is 9.94. The Bertz CT molecular complexity index is 1360. The van der Waals surface area contributed by atoms with Crippen LogP contribution in [0.15, 0.2) is 66.2 Å². The fourth-order valence-corrected chi connectivity index (χ4v) is 4.60. The SMILES string of the molecule is COc1ccc(C2/C(=C(\O)c3c(OC)cccc3OC)C(=O)C(=O)N2CCc2ccc(F)cc2)cc1OC. The maximum absolute atomic E-state index is 13.5. The van der Waals surface area contributed by atoms with Gasteiger partial charge < -0.3 is 29.0 Å². The van der Waals surface area contributed by atoms with Crippen molar-refractivity contribution in [3.63, 3.8) is 0 Å². The highest BCUT2D eigenvalue weighted by atomic mass is 19.1. The summed E-state index contributed by atoms with van der Waals surface area (Å²) < 4.78 is 35.1. The van der Waals surface area contributed by atoms with Crippen molar-refractivity contribution in [1.29, 1.82) is 0 Å². The Morgan fingerprint density at radius 1 is 0.842 bits per heavy atom. The van der Waals surface area contributed by atoms with Crippen molar-refractivity contribution >= 4 is 17.4 Å². The minimum absolute atomic E-state index is 0.121. The molecule has 38 heavy (non-hydrogen) atoms. The van der Waals surface area contributed by atoms with E-state index in [9.17, 15) is 19.1 Å². The first kappa shape index (κ1) is 26.5. The number of halogens is 1. The summed E-state index contributed by atoms with van der Waals surface area (Å²) in [6.45, 7) is 0.134. The predicted molar refractivity (Wildman–Crippen MR) is 138 cm³/mol. The standard InChI is InChI=1S/C29H28FNO7/c1-35-20-13-10-18(16-23(20)38-4)26-25(27(32)24-21(36-2)6-5-7-22(24)37-3)28(33)29(34)31(26)15-14-17-8-11-19(30)12-9-17/h5-13,16,26,32H,14-15H2,1-4H3/b27-25+. The van der Waals surface area contributed by atoms with Crippen molar-refractivity contribution in [2.24, 2.45) is 0 Å². The van der Waals surface area contributed by atoms with Gasteiger partial charge >= 0.3 is 0 Å². The van der Waals surface area contributed by atoms with Crippen LogP contribution in [0.3, 0.4) is 0 Å². The van der Waals surface area contributed by atoms with Crippen molar-refractivity contribution in [2.75, 3.05) is 35.0 Å². The fourth-order valence-electron chi connectivity index (χ4n) is 4.60. The number of aliphatic hydroxyl groups is 1. The number of rotatable bonds is 9. The van der Waals surface area contributed by atoms with Gasteiger partial charge in [0.05, 0.1) is 40.1 Å². The van der Waals surface area contributed by atoms with E-state index in [0.717, 1.165) is 5.56 Å². The molecule has 0 aromatic heterocycles. The number of ketones is 1. The van der Waals surface area contributed by atoms with E-state index in [-0.39, 0.29) is 35.0 Å². The van der Waals surface area contributed by atoms with Crippen molar-refractivity contribution < 1.29 is 38.0 Å². The topological polar surface area (TPSA) is 94.5 Å². The highest BCUT2D eigenvalue weighted by molar-refractivity contribution is 6.46. The van der Waals surface area contributed by atoms with Crippen molar-refractivity contribution in [1.82, 2.24) is 4.90 Å². The number of hydrogen-bond acceptors (Lipinski definition) is 7. The van der Waals surface area contributed by atoms with Gasteiger partial charge in [-0.05, 0) is 53.9 Å². The molecule has 1 fully saturated rings. The molecule has 0 bridgehead atoms. The Labute approximate surface area is 219 Å². The van der Waals surface area contributed by atoms with E-state index < -0.39 is 23.5 Å². The molecule has 9 heteroatoms. The Morgan fingerprint density at radius 2 is 1.45 bits per heavy atom. The smallest absolute Gasteiger partial charge is 0.295 e. The third-order valence-electron chi connectivity index (χ3n) is 6.48. The normalized spacial score (nSPS) is 16.4. The first-order valence-corrected chi connectivity index (χ1v) is 11.8. The molecule has 1 atom stereocenters. The van der Waals surface area contributed by atoms with Crippen molar-refractivity contribution in [2.45, 2.75) is 12.5 Å². The average molecular weight is 522 g/mol. The Kier molecular flexibility index (Phi) is 7.85. The van der Waals surface area contributed by atoms with Crippen LogP contribution < -0.4 is 18.9 Å². The van der Waals surface area contributed by atoms with Gasteiger partial charge in [-0.25, -0.2) is 4.39 Å². The highest BCUT2D eigenvalue weighted by Gasteiger charge is 2.46. The van der Waals surface area contributed by atoms with Crippen LogP contribution in [-0.2, 0) is 16.0 Å². The van der Waals surface area contributed by atoms with Crippen LogP contribution in [0.5, 0.6) is 23.0 Å². The van der Waals surface area contributed by atoms with Crippen LogP contribution in [0, 0.1) is 5.82 Å². The molecule has 1 aliphatic rings. The zero-order valence-electron chi connectivity index (χ0n) is 21.5. The number of methoxy groups -OCH3 is 4. The summed E-state index contributed by atoms with van der Waals surface area (Å²) in [5, 5.41) is 11.5. The summed E-state index contributed by atoms with van der Waals surface area (Å²) in [4.78, 5) is 28.2. The van der Waals surface area contributed by atoms with E-state index in [1.54, 1.807) is 48.5 Å². The molecule has 1 N–H and O–H groups in total. The molecule has 8 nitrogen and oxygen atoms in total. The number of hydrogen-bond donors (Lipinski definition) is 1. The van der Waals surface area contributed by atoms with E-state index in [1.807, 2.05) is 0 Å². The van der Waals surface area contributed by atoms with E-state index in [2.05, 4.69) is 0 Å². The molecule has 1 amide bonds. The fraction of sp³-hybridized carbons (Fsp3) is 0.241. The van der Waals surface area contributed by atoms with E-state index >= 15 is 0 Å². The summed E-state index contributed by atoms with van der Waals surface area (Å²) in [5.74, 6) is -1.03. The zero-order chi connectivity index (χ0) is 27.4. The minimum Gasteiger partial charge on any atom is -0.506 e. The molecule has 3 aromatic rings. The molecule has 1 saturated heterocycles. The van der Waals surface area contributed by atoms with Gasteiger partial charge in [0.15, 0.2) is 11.5 Å². The zero-order valence-corrected chi connectivity index (χ0v) is 21.5. The second-order valence-electron chi connectivity index (χ2n) is 8.52. The van der Waals surface area contributed by atoms with Gasteiger partial charge in [-0.2, -0.15) is 0 Å². The molecule has 198 valence electrons. The number of carbonyl (C=O) groups excluding carboxylic acids is 2. The number of amides is 1. The maximum Gasteiger partial charge on any atom is 0.295 e. The number of aliphatic hydroxyl groups excluding tert-OH is 1. The molecule has 4 rings (SSSR count).